The Labute approximate surface area is 68.9 Å². The molecule has 11 heavy (non-hydrogen) atoms. The van der Waals surface area contributed by atoms with Gasteiger partial charge in [-0.2, -0.15) is 0 Å². The summed E-state index contributed by atoms with van der Waals surface area (Å²) >= 11 is 0. The van der Waals surface area contributed by atoms with Crippen molar-refractivity contribution in [1.82, 2.24) is 10.6 Å². The zero-order valence-electron chi connectivity index (χ0n) is 8.83. The van der Waals surface area contributed by atoms with Crippen LogP contribution < -0.4 is 10.6 Å². The van der Waals surface area contributed by atoms with Gasteiger partial charge in [-0.15, -0.1) is 0 Å². The Morgan fingerprint density at radius 3 is 3.36 bits per heavy atom. The topological polar surface area (TPSA) is 70.6 Å². The molecule has 1 rings (SSSR count). The third-order valence-electron chi connectivity index (χ3n) is 1.62. The van der Waals surface area contributed by atoms with E-state index in [-0.39, 0.29) is 0 Å². The second-order valence-corrected chi connectivity index (χ2v) is 2.37. The zero-order chi connectivity index (χ0) is 10.8. The van der Waals surface area contributed by atoms with Crippen LogP contribution in [-0.2, 0) is 4.74 Å². The second kappa shape index (κ2) is 3.54. The smallest absolute Gasteiger partial charge is 0.405 e. The first kappa shape index (κ1) is 4.95. The van der Waals surface area contributed by atoms with Crippen molar-refractivity contribution in [2.75, 3.05) is 20.1 Å². The van der Waals surface area contributed by atoms with Crippen molar-refractivity contribution in [2.45, 2.75) is 12.1 Å². The fourth-order valence-electron chi connectivity index (χ4n) is 1.08. The van der Waals surface area contributed by atoms with E-state index in [9.17, 15) is 4.79 Å². The highest BCUT2D eigenvalue weighted by molar-refractivity contribution is 5.65. The van der Waals surface area contributed by atoms with Crippen LogP contribution >= 0.6 is 0 Å². The molecule has 5 heteroatoms. The highest BCUT2D eigenvalue weighted by Crippen LogP contribution is 2.02. The summed E-state index contributed by atoms with van der Waals surface area (Å²) in [5.74, 6) is 0. The molecule has 1 aliphatic heterocycles. The summed E-state index contributed by atoms with van der Waals surface area (Å²) < 4.78 is 25.4. The lowest BCUT2D eigenvalue weighted by Crippen LogP contribution is -2.42. The number of carboxylic acid groups (broad SMARTS) is 1. The summed E-state index contributed by atoms with van der Waals surface area (Å²) in [5.41, 5.74) is 0. The Balaban J connectivity index is 2.47. The molecule has 0 aromatic heterocycles. The summed E-state index contributed by atoms with van der Waals surface area (Å²) in [6.45, 7) is 0.719. The Morgan fingerprint density at radius 1 is 1.91 bits per heavy atom. The summed E-state index contributed by atoms with van der Waals surface area (Å²) in [4.78, 5) is 10.3. The minimum absolute atomic E-state index is 0.337. The quantitative estimate of drug-likeness (QED) is 0.500. The molecule has 64 valence electrons. The maximum Gasteiger partial charge on any atom is 0.405 e. The molecule has 0 saturated carbocycles. The Bertz CT molecular complexity index is 221. The molecule has 0 aromatic carbocycles. The highest BCUT2D eigenvalue weighted by atomic mass is 16.5. The number of hydrogen-bond donors (Lipinski definition) is 3. The van der Waals surface area contributed by atoms with E-state index in [0.29, 0.717) is 13.1 Å². The standard InChI is InChI=1S/C6H12N2O3/c1-11-5-3-7-2-4(5)8-6(9)10/h4-5,7-8H,2-3H2,1H3,(H,9,10)/t4-,5-/m0/s1/i1D3. The van der Waals surface area contributed by atoms with Crippen LogP contribution in [0.15, 0.2) is 0 Å². The Morgan fingerprint density at radius 2 is 2.73 bits per heavy atom. The van der Waals surface area contributed by atoms with Gasteiger partial charge in [-0.25, -0.2) is 4.79 Å². The number of amides is 1. The molecular formula is C6H12N2O3. The number of methoxy groups -OCH3 is 1. The highest BCUT2D eigenvalue weighted by Gasteiger charge is 2.27. The first-order valence-electron chi connectivity index (χ1n) is 4.76. The van der Waals surface area contributed by atoms with Crippen molar-refractivity contribution >= 4 is 6.09 Å². The first-order valence-corrected chi connectivity index (χ1v) is 3.26. The van der Waals surface area contributed by atoms with Crippen LogP contribution in [0.2, 0.25) is 0 Å². The van der Waals surface area contributed by atoms with Gasteiger partial charge in [0, 0.05) is 20.1 Å². The van der Waals surface area contributed by atoms with E-state index in [4.69, 9.17) is 14.0 Å². The molecule has 5 nitrogen and oxygen atoms in total. The fraction of sp³-hybridized carbons (Fsp3) is 0.833. The fourth-order valence-corrected chi connectivity index (χ4v) is 1.08. The number of nitrogens with one attached hydrogen (secondary N) is 2. The van der Waals surface area contributed by atoms with Gasteiger partial charge in [0.2, 0.25) is 0 Å². The van der Waals surface area contributed by atoms with Crippen LogP contribution in [0.1, 0.15) is 4.11 Å². The van der Waals surface area contributed by atoms with Crippen molar-refractivity contribution in [1.29, 1.82) is 0 Å². The van der Waals surface area contributed by atoms with Gasteiger partial charge in [-0.3, -0.25) is 0 Å². The summed E-state index contributed by atoms with van der Waals surface area (Å²) in [6, 6.07) is -0.507. The van der Waals surface area contributed by atoms with Crippen molar-refractivity contribution in [2.24, 2.45) is 0 Å². The molecule has 1 aliphatic rings. The van der Waals surface area contributed by atoms with Crippen molar-refractivity contribution < 1.29 is 18.8 Å². The van der Waals surface area contributed by atoms with Gasteiger partial charge >= 0.3 is 6.09 Å². The lowest BCUT2D eigenvalue weighted by molar-refractivity contribution is 0.0942. The maximum absolute atomic E-state index is 10.3. The van der Waals surface area contributed by atoms with E-state index < -0.39 is 25.3 Å². The number of ether oxygens (including phenoxy) is 1. The van der Waals surface area contributed by atoms with Crippen LogP contribution in [0, 0.1) is 0 Å². The van der Waals surface area contributed by atoms with E-state index >= 15 is 0 Å². The summed E-state index contributed by atoms with van der Waals surface area (Å²) in [6.07, 6.45) is -1.82. The monoisotopic (exact) mass is 163 g/mol. The number of carbonyl (C=O) groups is 1. The predicted octanol–water partition coefficient (Wildman–Crippen LogP) is -0.759. The summed E-state index contributed by atoms with van der Waals surface area (Å²) in [5, 5.41) is 13.5. The van der Waals surface area contributed by atoms with Gasteiger partial charge in [0.25, 0.3) is 0 Å². The molecule has 3 N–H and O–H groups in total. The van der Waals surface area contributed by atoms with E-state index in [1.54, 1.807) is 0 Å². The van der Waals surface area contributed by atoms with Crippen LogP contribution in [0.3, 0.4) is 0 Å². The van der Waals surface area contributed by atoms with Crippen LogP contribution in [0.4, 0.5) is 4.79 Å². The molecule has 0 aliphatic carbocycles. The third-order valence-corrected chi connectivity index (χ3v) is 1.62. The van der Waals surface area contributed by atoms with Crippen molar-refractivity contribution in [3.05, 3.63) is 0 Å². The zero-order valence-corrected chi connectivity index (χ0v) is 5.83. The van der Waals surface area contributed by atoms with Gasteiger partial charge in [-0.05, 0) is 0 Å². The van der Waals surface area contributed by atoms with Crippen LogP contribution in [-0.4, -0.2) is 43.5 Å². The molecule has 0 aromatic rings. The number of rotatable bonds is 2. The third kappa shape index (κ3) is 2.06. The Kier molecular flexibility index (Phi) is 1.59. The molecule has 0 spiro atoms. The number of hydrogen-bond acceptors (Lipinski definition) is 3. The van der Waals surface area contributed by atoms with Gasteiger partial charge in [0.05, 0.1) is 16.3 Å². The molecule has 1 amide bonds. The van der Waals surface area contributed by atoms with E-state index in [0.717, 1.165) is 0 Å². The normalized spacial score (nSPS) is 35.5. The SMILES string of the molecule is [2H]C([2H])([2H])O[C@H]1CNC[C@@H]1NC(=O)O. The minimum atomic E-state index is -2.49. The van der Waals surface area contributed by atoms with Gasteiger partial charge < -0.3 is 20.5 Å². The Hall–Kier alpha value is -0.810. The van der Waals surface area contributed by atoms with Gasteiger partial charge in [0.1, 0.15) is 0 Å². The molecule has 0 bridgehead atoms. The lowest BCUT2D eigenvalue weighted by Gasteiger charge is -2.15. The largest absolute Gasteiger partial charge is 0.465 e. The summed E-state index contributed by atoms with van der Waals surface area (Å²) in [7, 11) is -2.49. The van der Waals surface area contributed by atoms with Gasteiger partial charge in [-0.1, -0.05) is 0 Å². The van der Waals surface area contributed by atoms with Gasteiger partial charge in [0.15, 0.2) is 0 Å². The molecule has 0 unspecified atom stereocenters. The predicted molar refractivity (Wildman–Crippen MR) is 38.6 cm³/mol. The molecule has 2 atom stereocenters. The van der Waals surface area contributed by atoms with Crippen LogP contribution in [0.25, 0.3) is 0 Å². The molecule has 1 saturated heterocycles. The van der Waals surface area contributed by atoms with Crippen molar-refractivity contribution in [3.8, 4) is 0 Å². The van der Waals surface area contributed by atoms with Crippen LogP contribution in [0.5, 0.6) is 0 Å². The van der Waals surface area contributed by atoms with E-state index in [1.165, 1.54) is 0 Å². The minimum Gasteiger partial charge on any atom is -0.465 e. The molecule has 1 heterocycles. The molecular weight excluding hydrogens is 148 g/mol. The average molecular weight is 163 g/mol. The first-order chi connectivity index (χ1) is 6.38. The van der Waals surface area contributed by atoms with Crippen molar-refractivity contribution in [3.63, 3.8) is 0 Å². The maximum atomic E-state index is 10.3. The average Bonchev–Trinajstić information content (AvgIpc) is 2.32. The molecule has 1 fully saturated rings. The van der Waals surface area contributed by atoms with E-state index in [2.05, 4.69) is 10.6 Å². The van der Waals surface area contributed by atoms with E-state index in [1.807, 2.05) is 0 Å². The lowest BCUT2D eigenvalue weighted by atomic mass is 10.2. The molecule has 0 radical (unpaired) electrons. The second-order valence-electron chi connectivity index (χ2n) is 2.37.